The summed E-state index contributed by atoms with van der Waals surface area (Å²) in [5.41, 5.74) is 2.76. The largest absolute Gasteiger partial charge is 0.396 e. The van der Waals surface area contributed by atoms with Crippen molar-refractivity contribution in [1.82, 2.24) is 9.80 Å². The SMILES string of the molecule is CC(C)CN1CCN(CC(c2ccccc2)c2ccccc2)C[C@H]1CCO. The first-order valence-corrected chi connectivity index (χ1v) is 10.3. The highest BCUT2D eigenvalue weighted by Gasteiger charge is 2.28. The highest BCUT2D eigenvalue weighted by molar-refractivity contribution is 5.32. The maximum absolute atomic E-state index is 9.55. The van der Waals surface area contributed by atoms with Crippen molar-refractivity contribution in [2.24, 2.45) is 5.92 Å². The minimum Gasteiger partial charge on any atom is -0.396 e. The highest BCUT2D eigenvalue weighted by Crippen LogP contribution is 2.27. The van der Waals surface area contributed by atoms with Crippen LogP contribution in [-0.4, -0.2) is 60.3 Å². The molecule has 3 heteroatoms. The standard InChI is InChI=1S/C24H34N2O/c1-20(2)17-26-15-14-25(18-23(26)13-16-27)19-24(21-9-5-3-6-10-21)22-11-7-4-8-12-22/h3-12,20,23-24,27H,13-19H2,1-2H3/t23-/m1/s1. The van der Waals surface area contributed by atoms with Crippen LogP contribution in [0.2, 0.25) is 0 Å². The normalized spacial score (nSPS) is 19.1. The Bertz CT molecular complexity index is 619. The van der Waals surface area contributed by atoms with Crippen molar-refractivity contribution < 1.29 is 5.11 Å². The number of nitrogens with zero attached hydrogens (tertiary/aromatic N) is 2. The van der Waals surface area contributed by atoms with E-state index in [-0.39, 0.29) is 6.61 Å². The molecule has 0 bridgehead atoms. The van der Waals surface area contributed by atoms with Crippen LogP contribution in [0.25, 0.3) is 0 Å². The zero-order valence-corrected chi connectivity index (χ0v) is 16.8. The molecule has 0 unspecified atom stereocenters. The molecule has 1 fully saturated rings. The summed E-state index contributed by atoms with van der Waals surface area (Å²) in [5, 5.41) is 9.55. The first kappa shape index (κ1) is 20.1. The van der Waals surface area contributed by atoms with E-state index >= 15 is 0 Å². The van der Waals surface area contributed by atoms with E-state index < -0.39 is 0 Å². The minimum absolute atomic E-state index is 0.272. The quantitative estimate of drug-likeness (QED) is 0.769. The van der Waals surface area contributed by atoms with Gasteiger partial charge in [-0.3, -0.25) is 9.80 Å². The van der Waals surface area contributed by atoms with Crippen LogP contribution in [0, 0.1) is 5.92 Å². The molecule has 1 N–H and O–H groups in total. The number of aliphatic hydroxyl groups is 1. The molecule has 1 aliphatic heterocycles. The molecule has 1 aliphatic rings. The van der Waals surface area contributed by atoms with Gasteiger partial charge >= 0.3 is 0 Å². The Morgan fingerprint density at radius 2 is 1.48 bits per heavy atom. The van der Waals surface area contributed by atoms with Gasteiger partial charge in [-0.25, -0.2) is 0 Å². The van der Waals surface area contributed by atoms with Crippen molar-refractivity contribution in [2.75, 3.05) is 39.3 Å². The second kappa shape index (κ2) is 10.0. The van der Waals surface area contributed by atoms with Crippen molar-refractivity contribution in [1.29, 1.82) is 0 Å². The Morgan fingerprint density at radius 3 is 2.00 bits per heavy atom. The van der Waals surface area contributed by atoms with E-state index in [0.717, 1.165) is 39.1 Å². The van der Waals surface area contributed by atoms with Gasteiger partial charge < -0.3 is 5.11 Å². The molecule has 1 saturated heterocycles. The topological polar surface area (TPSA) is 26.7 Å². The van der Waals surface area contributed by atoms with Crippen LogP contribution in [0.3, 0.4) is 0 Å². The fourth-order valence-electron chi connectivity index (χ4n) is 4.29. The van der Waals surface area contributed by atoms with Gasteiger partial charge in [0.1, 0.15) is 0 Å². The molecular formula is C24H34N2O. The molecule has 0 aliphatic carbocycles. The zero-order valence-electron chi connectivity index (χ0n) is 16.8. The van der Waals surface area contributed by atoms with Crippen LogP contribution in [-0.2, 0) is 0 Å². The summed E-state index contributed by atoms with van der Waals surface area (Å²) < 4.78 is 0. The van der Waals surface area contributed by atoms with E-state index in [1.54, 1.807) is 0 Å². The third kappa shape index (κ3) is 5.65. The van der Waals surface area contributed by atoms with Crippen molar-refractivity contribution in [3.05, 3.63) is 71.8 Å². The van der Waals surface area contributed by atoms with Crippen LogP contribution in [0.15, 0.2) is 60.7 Å². The van der Waals surface area contributed by atoms with Crippen LogP contribution in [0.5, 0.6) is 0 Å². The monoisotopic (exact) mass is 366 g/mol. The van der Waals surface area contributed by atoms with Gasteiger partial charge in [0.05, 0.1) is 0 Å². The van der Waals surface area contributed by atoms with Crippen molar-refractivity contribution in [3.63, 3.8) is 0 Å². The van der Waals surface area contributed by atoms with Crippen LogP contribution >= 0.6 is 0 Å². The molecule has 2 aromatic rings. The lowest BCUT2D eigenvalue weighted by atomic mass is 9.90. The molecule has 3 rings (SSSR count). The fourth-order valence-corrected chi connectivity index (χ4v) is 4.29. The lowest BCUT2D eigenvalue weighted by Gasteiger charge is -2.43. The van der Waals surface area contributed by atoms with Gasteiger partial charge in [-0.15, -0.1) is 0 Å². The van der Waals surface area contributed by atoms with Gasteiger partial charge in [0, 0.05) is 51.3 Å². The van der Waals surface area contributed by atoms with E-state index in [2.05, 4.69) is 84.3 Å². The van der Waals surface area contributed by atoms with Crippen molar-refractivity contribution in [3.8, 4) is 0 Å². The van der Waals surface area contributed by atoms with Gasteiger partial charge in [-0.1, -0.05) is 74.5 Å². The smallest absolute Gasteiger partial charge is 0.0446 e. The lowest BCUT2D eigenvalue weighted by molar-refractivity contribution is 0.0499. The number of piperazine rings is 1. The summed E-state index contributed by atoms with van der Waals surface area (Å²) in [6.07, 6.45) is 0.866. The molecule has 146 valence electrons. The molecule has 0 amide bonds. The summed E-state index contributed by atoms with van der Waals surface area (Å²) >= 11 is 0. The predicted octanol–water partition coefficient (Wildman–Crippen LogP) is 3.84. The van der Waals surface area contributed by atoms with Gasteiger partial charge in [-0.2, -0.15) is 0 Å². The average Bonchev–Trinajstić information content (AvgIpc) is 2.69. The molecule has 0 radical (unpaired) electrons. The Labute approximate surface area is 164 Å². The van der Waals surface area contributed by atoms with Crippen molar-refractivity contribution in [2.45, 2.75) is 32.2 Å². The third-order valence-electron chi connectivity index (χ3n) is 5.60. The molecule has 0 saturated carbocycles. The van der Waals surface area contributed by atoms with Crippen LogP contribution in [0.4, 0.5) is 0 Å². The maximum atomic E-state index is 9.55. The molecule has 0 aromatic heterocycles. The van der Waals surface area contributed by atoms with Crippen LogP contribution < -0.4 is 0 Å². The highest BCUT2D eigenvalue weighted by atomic mass is 16.3. The molecule has 1 heterocycles. The van der Waals surface area contributed by atoms with E-state index in [9.17, 15) is 5.11 Å². The number of rotatable bonds is 8. The Morgan fingerprint density at radius 1 is 0.889 bits per heavy atom. The number of benzene rings is 2. The minimum atomic E-state index is 0.272. The molecule has 1 atom stereocenters. The predicted molar refractivity (Wildman–Crippen MR) is 113 cm³/mol. The third-order valence-corrected chi connectivity index (χ3v) is 5.60. The summed E-state index contributed by atoms with van der Waals surface area (Å²) in [5.74, 6) is 1.05. The van der Waals surface area contributed by atoms with Crippen LogP contribution in [0.1, 0.15) is 37.3 Å². The number of hydrogen-bond acceptors (Lipinski definition) is 3. The molecular weight excluding hydrogens is 332 g/mol. The van der Waals surface area contributed by atoms with E-state index in [1.165, 1.54) is 11.1 Å². The molecule has 3 nitrogen and oxygen atoms in total. The van der Waals surface area contributed by atoms with Gasteiger partial charge in [0.2, 0.25) is 0 Å². The average molecular weight is 367 g/mol. The van der Waals surface area contributed by atoms with Gasteiger partial charge in [0.25, 0.3) is 0 Å². The fraction of sp³-hybridized carbons (Fsp3) is 0.500. The second-order valence-corrected chi connectivity index (χ2v) is 8.19. The number of aliphatic hydroxyl groups excluding tert-OH is 1. The van der Waals surface area contributed by atoms with E-state index in [1.807, 2.05) is 0 Å². The van der Waals surface area contributed by atoms with Crippen molar-refractivity contribution >= 4 is 0 Å². The first-order chi connectivity index (χ1) is 13.2. The zero-order chi connectivity index (χ0) is 19.1. The molecule has 27 heavy (non-hydrogen) atoms. The van der Waals surface area contributed by atoms with E-state index in [4.69, 9.17) is 0 Å². The van der Waals surface area contributed by atoms with Gasteiger partial charge in [-0.05, 0) is 23.5 Å². The Hall–Kier alpha value is -1.68. The first-order valence-electron chi connectivity index (χ1n) is 10.3. The summed E-state index contributed by atoms with van der Waals surface area (Å²) in [6.45, 7) is 10.2. The van der Waals surface area contributed by atoms with E-state index in [0.29, 0.717) is 17.9 Å². The molecule has 0 spiro atoms. The summed E-state index contributed by atoms with van der Waals surface area (Å²) in [6, 6.07) is 22.2. The Balaban J connectivity index is 1.74. The van der Waals surface area contributed by atoms with Gasteiger partial charge in [0.15, 0.2) is 0 Å². The lowest BCUT2D eigenvalue weighted by Crippen LogP contribution is -2.54. The summed E-state index contributed by atoms with van der Waals surface area (Å²) in [4.78, 5) is 5.18. The second-order valence-electron chi connectivity index (χ2n) is 8.19. The number of hydrogen-bond donors (Lipinski definition) is 1. The molecule has 2 aromatic carbocycles. The maximum Gasteiger partial charge on any atom is 0.0446 e. The Kier molecular flexibility index (Phi) is 7.45. The summed E-state index contributed by atoms with van der Waals surface area (Å²) in [7, 11) is 0.